The zero-order chi connectivity index (χ0) is 10.7. The van der Waals surface area contributed by atoms with Gasteiger partial charge in [0.2, 0.25) is 0 Å². The Morgan fingerprint density at radius 1 is 1.07 bits per heavy atom. The molecule has 2 N–H and O–H groups in total. The molecule has 0 saturated heterocycles. The van der Waals surface area contributed by atoms with Gasteiger partial charge >= 0.3 is 0 Å². The molecule has 1 aliphatic rings. The van der Waals surface area contributed by atoms with E-state index in [9.17, 15) is 0 Å². The van der Waals surface area contributed by atoms with Crippen molar-refractivity contribution in [2.24, 2.45) is 0 Å². The number of thiol groups is 1. The highest BCUT2D eigenvalue weighted by molar-refractivity contribution is 7.80. The molecule has 1 aromatic carbocycles. The third-order valence-electron chi connectivity index (χ3n) is 2.17. The van der Waals surface area contributed by atoms with Gasteiger partial charge in [0.15, 0.2) is 0 Å². The first-order valence-corrected chi connectivity index (χ1v) is 5.19. The molecule has 2 nitrogen and oxygen atoms in total. The second-order valence-corrected chi connectivity index (χ2v) is 3.91. The second kappa shape index (κ2) is 4.36. The fourth-order valence-electron chi connectivity index (χ4n) is 1.38. The topological polar surface area (TPSA) is 35.9 Å². The molecule has 3 heteroatoms. The fourth-order valence-corrected chi connectivity index (χ4v) is 1.53. The van der Waals surface area contributed by atoms with Gasteiger partial charge in [0.25, 0.3) is 0 Å². The highest BCUT2D eigenvalue weighted by atomic mass is 32.1. The van der Waals surface area contributed by atoms with E-state index in [-0.39, 0.29) is 6.04 Å². The Morgan fingerprint density at radius 2 is 1.67 bits per heavy atom. The van der Waals surface area contributed by atoms with Crippen molar-refractivity contribution in [3.8, 4) is 0 Å². The van der Waals surface area contributed by atoms with E-state index in [1.165, 1.54) is 0 Å². The molecule has 0 saturated carbocycles. The number of hydrogen-bond acceptors (Lipinski definition) is 3. The highest BCUT2D eigenvalue weighted by Gasteiger charge is 2.03. The minimum atomic E-state index is 0.171. The third kappa shape index (κ3) is 2.73. The van der Waals surface area contributed by atoms with Crippen molar-refractivity contribution in [3.05, 3.63) is 48.6 Å². The van der Waals surface area contributed by atoms with Crippen LogP contribution in [0.4, 0.5) is 5.69 Å². The van der Waals surface area contributed by atoms with E-state index in [1.54, 1.807) is 12.2 Å². The maximum absolute atomic E-state index is 7.37. The summed E-state index contributed by atoms with van der Waals surface area (Å²) in [6, 6.07) is 8.05. The van der Waals surface area contributed by atoms with Crippen molar-refractivity contribution in [2.45, 2.75) is 10.9 Å². The van der Waals surface area contributed by atoms with Gasteiger partial charge in [-0.3, -0.25) is 0 Å². The van der Waals surface area contributed by atoms with Crippen LogP contribution in [0.5, 0.6) is 0 Å². The summed E-state index contributed by atoms with van der Waals surface area (Å²) in [5, 5.41) is 10.7. The van der Waals surface area contributed by atoms with Gasteiger partial charge in [-0.25, -0.2) is 0 Å². The molecule has 0 unspecified atom stereocenters. The normalized spacial score (nSPS) is 19.3. The molecule has 2 rings (SSSR count). The Labute approximate surface area is 94.6 Å². The van der Waals surface area contributed by atoms with E-state index in [2.05, 4.69) is 17.9 Å². The van der Waals surface area contributed by atoms with Crippen molar-refractivity contribution in [3.63, 3.8) is 0 Å². The Bertz CT molecular complexity index is 402. The summed E-state index contributed by atoms with van der Waals surface area (Å²) in [4.78, 5) is 0.956. The standard InChI is InChI=1S/C12H12N2S/c13-9-1-3-10(4-2-9)14-11-5-7-12(15)8-6-11/h1-8,10,13-15H. The predicted molar refractivity (Wildman–Crippen MR) is 67.1 cm³/mol. The predicted octanol–water partition coefficient (Wildman–Crippen LogP) is 2.90. The van der Waals surface area contributed by atoms with E-state index in [0.29, 0.717) is 5.71 Å². The highest BCUT2D eigenvalue weighted by Crippen LogP contribution is 2.14. The first-order chi connectivity index (χ1) is 7.24. The first kappa shape index (κ1) is 10.1. The largest absolute Gasteiger partial charge is 0.375 e. The smallest absolute Gasteiger partial charge is 0.0636 e. The molecular formula is C12H12N2S. The van der Waals surface area contributed by atoms with E-state index < -0.39 is 0 Å². The van der Waals surface area contributed by atoms with E-state index >= 15 is 0 Å². The lowest BCUT2D eigenvalue weighted by Crippen LogP contribution is -2.16. The molecule has 0 aromatic heterocycles. The molecule has 0 fully saturated rings. The van der Waals surface area contributed by atoms with Gasteiger partial charge < -0.3 is 10.7 Å². The summed E-state index contributed by atoms with van der Waals surface area (Å²) in [6.45, 7) is 0. The monoisotopic (exact) mass is 216 g/mol. The van der Waals surface area contributed by atoms with Crippen molar-refractivity contribution in [1.82, 2.24) is 0 Å². The SMILES string of the molecule is N=C1C=CC(Nc2ccc(S)cc2)C=C1. The zero-order valence-corrected chi connectivity index (χ0v) is 9.04. The van der Waals surface area contributed by atoms with Crippen LogP contribution in [0.2, 0.25) is 0 Å². The summed E-state index contributed by atoms with van der Waals surface area (Å²) >= 11 is 4.23. The molecular weight excluding hydrogens is 204 g/mol. The Kier molecular flexibility index (Phi) is 2.92. The average molecular weight is 216 g/mol. The maximum atomic E-state index is 7.37. The molecule has 1 aliphatic carbocycles. The number of benzene rings is 1. The van der Waals surface area contributed by atoms with Gasteiger partial charge in [0, 0.05) is 10.6 Å². The quantitative estimate of drug-likeness (QED) is 0.653. The molecule has 0 aliphatic heterocycles. The second-order valence-electron chi connectivity index (χ2n) is 3.39. The van der Waals surface area contributed by atoms with E-state index in [0.717, 1.165) is 10.6 Å². The number of nitrogens with one attached hydrogen (secondary N) is 2. The van der Waals surface area contributed by atoms with Crippen LogP contribution in [0.15, 0.2) is 53.5 Å². The average Bonchev–Trinajstić information content (AvgIpc) is 2.25. The molecule has 0 spiro atoms. The van der Waals surface area contributed by atoms with Crippen LogP contribution in [0, 0.1) is 5.41 Å². The molecule has 0 atom stereocenters. The van der Waals surface area contributed by atoms with Crippen LogP contribution < -0.4 is 5.32 Å². The van der Waals surface area contributed by atoms with Crippen molar-refractivity contribution >= 4 is 24.0 Å². The lowest BCUT2D eigenvalue weighted by atomic mass is 10.1. The van der Waals surface area contributed by atoms with Gasteiger partial charge in [-0.05, 0) is 36.4 Å². The summed E-state index contributed by atoms with van der Waals surface area (Å²) in [5.41, 5.74) is 1.60. The van der Waals surface area contributed by atoms with Crippen molar-refractivity contribution < 1.29 is 0 Å². The number of hydrogen-bond donors (Lipinski definition) is 3. The van der Waals surface area contributed by atoms with Crippen LogP contribution in [-0.2, 0) is 0 Å². The van der Waals surface area contributed by atoms with Crippen LogP contribution in [0.1, 0.15) is 0 Å². The molecule has 15 heavy (non-hydrogen) atoms. The van der Waals surface area contributed by atoms with Gasteiger partial charge in [-0.15, -0.1) is 12.6 Å². The molecule has 1 aromatic rings. The maximum Gasteiger partial charge on any atom is 0.0636 e. The Balaban J connectivity index is 2.04. The lowest BCUT2D eigenvalue weighted by Gasteiger charge is -2.14. The van der Waals surface area contributed by atoms with Crippen LogP contribution >= 0.6 is 12.6 Å². The van der Waals surface area contributed by atoms with Gasteiger partial charge in [-0.2, -0.15) is 0 Å². The lowest BCUT2D eigenvalue weighted by molar-refractivity contribution is 1.10. The van der Waals surface area contributed by atoms with Gasteiger partial charge in [0.1, 0.15) is 0 Å². The molecule has 0 radical (unpaired) electrons. The minimum Gasteiger partial charge on any atom is -0.375 e. The number of allylic oxidation sites excluding steroid dienone is 2. The summed E-state index contributed by atoms with van der Waals surface area (Å²) in [5.74, 6) is 0. The van der Waals surface area contributed by atoms with Crippen LogP contribution in [-0.4, -0.2) is 11.8 Å². The van der Waals surface area contributed by atoms with Gasteiger partial charge in [0.05, 0.1) is 11.8 Å². The minimum absolute atomic E-state index is 0.171. The fraction of sp³-hybridized carbons (Fsp3) is 0.0833. The number of anilines is 1. The van der Waals surface area contributed by atoms with E-state index in [1.807, 2.05) is 36.4 Å². The molecule has 0 amide bonds. The summed E-state index contributed by atoms with van der Waals surface area (Å²) in [7, 11) is 0. The Hall–Kier alpha value is -1.48. The van der Waals surface area contributed by atoms with E-state index in [4.69, 9.17) is 5.41 Å². The number of rotatable bonds is 2. The Morgan fingerprint density at radius 3 is 2.27 bits per heavy atom. The molecule has 76 valence electrons. The summed E-state index contributed by atoms with van der Waals surface area (Å²) < 4.78 is 0. The first-order valence-electron chi connectivity index (χ1n) is 4.74. The van der Waals surface area contributed by atoms with Gasteiger partial charge in [-0.1, -0.05) is 12.2 Å². The molecule has 0 bridgehead atoms. The molecule has 0 heterocycles. The van der Waals surface area contributed by atoms with Crippen molar-refractivity contribution in [1.29, 1.82) is 5.41 Å². The van der Waals surface area contributed by atoms with Crippen LogP contribution in [0.25, 0.3) is 0 Å². The third-order valence-corrected chi connectivity index (χ3v) is 2.47. The summed E-state index contributed by atoms with van der Waals surface area (Å²) in [6.07, 6.45) is 7.53. The zero-order valence-electron chi connectivity index (χ0n) is 8.14. The van der Waals surface area contributed by atoms with Crippen LogP contribution in [0.3, 0.4) is 0 Å². The van der Waals surface area contributed by atoms with Crippen molar-refractivity contribution in [2.75, 3.05) is 5.32 Å².